The average Bonchev–Trinajstić information content (AvgIpc) is 3.31. The van der Waals surface area contributed by atoms with Crippen molar-refractivity contribution in [2.45, 2.75) is 6.42 Å². The minimum Gasteiger partial charge on any atom is -0.288 e. The van der Waals surface area contributed by atoms with E-state index in [-0.39, 0.29) is 11.2 Å². The van der Waals surface area contributed by atoms with E-state index in [0.717, 1.165) is 5.56 Å². The fourth-order valence-corrected chi connectivity index (χ4v) is 3.75. The molecule has 0 aliphatic rings. The third-order valence-electron chi connectivity index (χ3n) is 4.23. The summed E-state index contributed by atoms with van der Waals surface area (Å²) in [6, 6.07) is 13.4. The number of aromatic amines is 1. The number of non-ortho nitro benzene ring substituents is 1. The van der Waals surface area contributed by atoms with Crippen LogP contribution in [0.3, 0.4) is 0 Å². The second kappa shape index (κ2) is 7.41. The molecule has 4 aromatic rings. The van der Waals surface area contributed by atoms with E-state index >= 15 is 0 Å². The van der Waals surface area contributed by atoms with Crippen LogP contribution in [0.4, 0.5) is 5.69 Å². The van der Waals surface area contributed by atoms with Gasteiger partial charge in [0.15, 0.2) is 0 Å². The molecule has 2 aromatic heterocycles. The van der Waals surface area contributed by atoms with Gasteiger partial charge in [-0.15, -0.1) is 11.3 Å². The van der Waals surface area contributed by atoms with E-state index in [1.807, 2.05) is 12.1 Å². The minimum absolute atomic E-state index is 0.0122. The molecule has 0 unspecified atom stereocenters. The summed E-state index contributed by atoms with van der Waals surface area (Å²) in [6.45, 7) is 0. The molecule has 0 amide bonds. The molecule has 0 atom stereocenters. The molecule has 7 nitrogen and oxygen atoms in total. The molecule has 9 heteroatoms. The van der Waals surface area contributed by atoms with Crippen LogP contribution >= 0.6 is 22.9 Å². The van der Waals surface area contributed by atoms with Gasteiger partial charge in [-0.3, -0.25) is 20.0 Å². The average molecular weight is 413 g/mol. The van der Waals surface area contributed by atoms with Gasteiger partial charge in [-0.1, -0.05) is 23.7 Å². The van der Waals surface area contributed by atoms with Crippen LogP contribution in [-0.2, 0) is 6.42 Å². The van der Waals surface area contributed by atoms with E-state index in [1.54, 1.807) is 35.8 Å². The van der Waals surface area contributed by atoms with Gasteiger partial charge in [0.1, 0.15) is 0 Å². The van der Waals surface area contributed by atoms with Crippen molar-refractivity contribution < 1.29 is 4.92 Å². The predicted octanol–water partition coefficient (Wildman–Crippen LogP) is 4.44. The highest BCUT2D eigenvalue weighted by Crippen LogP contribution is 2.26. The number of nitrogens with one attached hydrogen (secondary N) is 1. The normalized spacial score (nSPS) is 10.9. The van der Waals surface area contributed by atoms with E-state index < -0.39 is 4.92 Å². The van der Waals surface area contributed by atoms with Gasteiger partial charge in [-0.05, 0) is 29.8 Å². The molecule has 0 bridgehead atoms. The number of nitro benzene ring substituents is 1. The smallest absolute Gasteiger partial charge is 0.277 e. The number of H-pyrrole nitrogens is 1. The highest BCUT2D eigenvalue weighted by atomic mass is 35.5. The number of benzene rings is 2. The summed E-state index contributed by atoms with van der Waals surface area (Å²) in [5.41, 5.74) is 2.46. The van der Waals surface area contributed by atoms with Crippen LogP contribution in [0.15, 0.2) is 64.9 Å². The molecule has 2 heterocycles. The number of rotatable bonds is 5. The van der Waals surface area contributed by atoms with Crippen LogP contribution in [-0.4, -0.2) is 19.7 Å². The molecule has 0 spiro atoms. The van der Waals surface area contributed by atoms with Gasteiger partial charge in [0, 0.05) is 46.3 Å². The molecular weight excluding hydrogens is 400 g/mol. The number of thiazole rings is 1. The molecule has 4 rings (SSSR count). The van der Waals surface area contributed by atoms with Crippen molar-refractivity contribution in [3.8, 4) is 16.4 Å². The second-order valence-corrected chi connectivity index (χ2v) is 7.34. The predicted molar refractivity (Wildman–Crippen MR) is 108 cm³/mol. The first-order chi connectivity index (χ1) is 13.5. The van der Waals surface area contributed by atoms with Crippen LogP contribution in [0.25, 0.3) is 16.4 Å². The van der Waals surface area contributed by atoms with E-state index in [9.17, 15) is 14.9 Å². The fourth-order valence-electron chi connectivity index (χ4n) is 2.94. The van der Waals surface area contributed by atoms with Gasteiger partial charge >= 0.3 is 0 Å². The van der Waals surface area contributed by atoms with Gasteiger partial charge in [0.25, 0.3) is 11.2 Å². The SMILES string of the molecule is O=c1c(Cc2cccc(Cl)c2)c(-c2ccc([N+](=O)[O-])cc2)[nH]n1-c1nccs1. The molecule has 28 heavy (non-hydrogen) atoms. The maximum atomic E-state index is 13.1. The monoisotopic (exact) mass is 412 g/mol. The fraction of sp³-hybridized carbons (Fsp3) is 0.0526. The van der Waals surface area contributed by atoms with Crippen molar-refractivity contribution in [1.29, 1.82) is 0 Å². The Hall–Kier alpha value is -3.23. The van der Waals surface area contributed by atoms with E-state index in [0.29, 0.717) is 33.4 Å². The molecular formula is C19H13ClN4O3S. The lowest BCUT2D eigenvalue weighted by Gasteiger charge is -2.04. The van der Waals surface area contributed by atoms with Crippen LogP contribution < -0.4 is 5.56 Å². The third-order valence-corrected chi connectivity index (χ3v) is 5.23. The largest absolute Gasteiger partial charge is 0.288 e. The summed E-state index contributed by atoms with van der Waals surface area (Å²) >= 11 is 7.41. The Balaban J connectivity index is 1.85. The first kappa shape index (κ1) is 18.1. The van der Waals surface area contributed by atoms with E-state index in [2.05, 4.69) is 10.1 Å². The number of aromatic nitrogens is 3. The Kier molecular flexibility index (Phi) is 4.81. The quantitative estimate of drug-likeness (QED) is 0.387. The topological polar surface area (TPSA) is 93.8 Å². The molecule has 1 N–H and O–H groups in total. The maximum Gasteiger partial charge on any atom is 0.277 e. The Morgan fingerprint density at radius 1 is 1.21 bits per heavy atom. The van der Waals surface area contributed by atoms with Gasteiger partial charge in [0.05, 0.1) is 10.6 Å². The van der Waals surface area contributed by atoms with Crippen molar-refractivity contribution in [2.75, 3.05) is 0 Å². The number of halogens is 1. The zero-order chi connectivity index (χ0) is 19.7. The van der Waals surface area contributed by atoms with Gasteiger partial charge in [0.2, 0.25) is 5.13 Å². The molecule has 2 aromatic carbocycles. The highest BCUT2D eigenvalue weighted by Gasteiger charge is 2.19. The van der Waals surface area contributed by atoms with Crippen LogP contribution in [0.5, 0.6) is 0 Å². The Bertz CT molecular complexity index is 1200. The molecule has 0 fully saturated rings. The number of nitro groups is 1. The first-order valence-electron chi connectivity index (χ1n) is 8.26. The van der Waals surface area contributed by atoms with Crippen molar-refractivity contribution >= 4 is 28.6 Å². The van der Waals surface area contributed by atoms with Crippen molar-refractivity contribution in [3.63, 3.8) is 0 Å². The van der Waals surface area contributed by atoms with Crippen molar-refractivity contribution in [1.82, 2.24) is 14.8 Å². The molecule has 0 radical (unpaired) electrons. The highest BCUT2D eigenvalue weighted by molar-refractivity contribution is 7.12. The zero-order valence-electron chi connectivity index (χ0n) is 14.3. The summed E-state index contributed by atoms with van der Waals surface area (Å²) in [5, 5.41) is 16.9. The number of hydrogen-bond donors (Lipinski definition) is 1. The third kappa shape index (κ3) is 3.47. The Morgan fingerprint density at radius 3 is 2.64 bits per heavy atom. The molecule has 0 saturated heterocycles. The Labute approximate surface area is 168 Å². The summed E-state index contributed by atoms with van der Waals surface area (Å²) in [4.78, 5) is 27.7. The maximum absolute atomic E-state index is 13.1. The minimum atomic E-state index is -0.458. The van der Waals surface area contributed by atoms with Gasteiger partial charge in [-0.2, -0.15) is 4.68 Å². The number of hydrogen-bond acceptors (Lipinski definition) is 5. The van der Waals surface area contributed by atoms with Crippen LogP contribution in [0.1, 0.15) is 11.1 Å². The van der Waals surface area contributed by atoms with Crippen molar-refractivity contribution in [2.24, 2.45) is 0 Å². The van der Waals surface area contributed by atoms with Crippen LogP contribution in [0.2, 0.25) is 5.02 Å². The molecule has 0 saturated carbocycles. The molecule has 0 aliphatic heterocycles. The zero-order valence-corrected chi connectivity index (χ0v) is 15.9. The summed E-state index contributed by atoms with van der Waals surface area (Å²) < 4.78 is 1.39. The van der Waals surface area contributed by atoms with Crippen LogP contribution in [0, 0.1) is 10.1 Å². The van der Waals surface area contributed by atoms with E-state index in [1.165, 1.54) is 28.2 Å². The lowest BCUT2D eigenvalue weighted by Crippen LogP contribution is -2.17. The lowest BCUT2D eigenvalue weighted by atomic mass is 10.0. The first-order valence-corrected chi connectivity index (χ1v) is 9.52. The Morgan fingerprint density at radius 2 is 2.00 bits per heavy atom. The molecule has 140 valence electrons. The lowest BCUT2D eigenvalue weighted by molar-refractivity contribution is -0.384. The van der Waals surface area contributed by atoms with Gasteiger partial charge < -0.3 is 0 Å². The van der Waals surface area contributed by atoms with Crippen molar-refractivity contribution in [3.05, 3.63) is 96.7 Å². The summed E-state index contributed by atoms with van der Waals surface area (Å²) in [7, 11) is 0. The second-order valence-electron chi connectivity index (χ2n) is 6.03. The van der Waals surface area contributed by atoms with Gasteiger partial charge in [-0.25, -0.2) is 4.98 Å². The van der Waals surface area contributed by atoms with E-state index in [4.69, 9.17) is 11.6 Å². The molecule has 0 aliphatic carbocycles. The summed E-state index contributed by atoms with van der Waals surface area (Å²) in [6.07, 6.45) is 1.98. The standard InChI is InChI=1S/C19H13ClN4O3S/c20-14-3-1-2-12(10-14)11-16-17(13-4-6-15(7-5-13)24(26)27)22-23(18(16)25)19-21-8-9-28-19/h1-10,22H,11H2. The summed E-state index contributed by atoms with van der Waals surface area (Å²) in [5.74, 6) is 0. The number of nitrogens with zero attached hydrogens (tertiary/aromatic N) is 3.